The average molecular weight is 353 g/mol. The maximum atomic E-state index is 12.4. The van der Waals surface area contributed by atoms with E-state index >= 15 is 0 Å². The minimum absolute atomic E-state index is 0.105. The molecule has 0 spiro atoms. The van der Waals surface area contributed by atoms with Crippen LogP contribution >= 0.6 is 0 Å². The molecule has 4 nitrogen and oxygen atoms in total. The quantitative estimate of drug-likeness (QED) is 0.855. The van der Waals surface area contributed by atoms with Crippen molar-refractivity contribution in [1.82, 2.24) is 5.32 Å². The van der Waals surface area contributed by atoms with Gasteiger partial charge >= 0.3 is 6.36 Å². The zero-order valence-electron chi connectivity index (χ0n) is 13.8. The van der Waals surface area contributed by atoms with E-state index in [4.69, 9.17) is 4.74 Å². The Labute approximate surface area is 143 Å². The van der Waals surface area contributed by atoms with Gasteiger partial charge in [0.2, 0.25) is 0 Å². The highest BCUT2D eigenvalue weighted by atomic mass is 19.4. The van der Waals surface area contributed by atoms with E-state index in [0.717, 1.165) is 5.56 Å². The lowest BCUT2D eigenvalue weighted by atomic mass is 10.2. The minimum Gasteiger partial charge on any atom is -0.481 e. The van der Waals surface area contributed by atoms with E-state index < -0.39 is 18.4 Å². The molecule has 0 saturated heterocycles. The fraction of sp³-hybridized carbons (Fsp3) is 0.278. The zero-order valence-corrected chi connectivity index (χ0v) is 13.8. The fourth-order valence-electron chi connectivity index (χ4n) is 2.15. The van der Waals surface area contributed by atoms with Crippen molar-refractivity contribution in [2.45, 2.75) is 32.9 Å². The number of rotatable bonds is 6. The largest absolute Gasteiger partial charge is 0.573 e. The number of hydrogen-bond donors (Lipinski definition) is 1. The van der Waals surface area contributed by atoms with Crippen LogP contribution in [0.15, 0.2) is 48.5 Å². The number of para-hydroxylation sites is 1. The maximum Gasteiger partial charge on any atom is 0.573 e. The molecule has 0 heterocycles. The number of halogens is 3. The number of ether oxygens (including phenoxy) is 2. The summed E-state index contributed by atoms with van der Waals surface area (Å²) in [5, 5.41) is 2.55. The number of benzene rings is 2. The Balaban J connectivity index is 1.95. The van der Waals surface area contributed by atoms with Gasteiger partial charge in [0, 0.05) is 12.1 Å². The van der Waals surface area contributed by atoms with Gasteiger partial charge in [0.05, 0.1) is 0 Å². The Morgan fingerprint density at radius 1 is 1.16 bits per heavy atom. The summed E-state index contributed by atoms with van der Waals surface area (Å²) in [5.74, 6) is -0.241. The number of alkyl halides is 3. The SMILES string of the molecule is Cc1cccc(OC(C)C(=O)NCc2ccccc2OC(F)(F)F)c1. The van der Waals surface area contributed by atoms with Gasteiger partial charge in [0.1, 0.15) is 11.5 Å². The molecule has 25 heavy (non-hydrogen) atoms. The number of nitrogens with one attached hydrogen (secondary N) is 1. The van der Waals surface area contributed by atoms with Crippen LogP contribution in [0.5, 0.6) is 11.5 Å². The topological polar surface area (TPSA) is 47.6 Å². The van der Waals surface area contributed by atoms with E-state index in [1.807, 2.05) is 13.0 Å². The Morgan fingerprint density at radius 2 is 1.88 bits per heavy atom. The second-order valence-corrected chi connectivity index (χ2v) is 5.45. The van der Waals surface area contributed by atoms with Gasteiger partial charge < -0.3 is 14.8 Å². The first kappa shape index (κ1) is 18.6. The van der Waals surface area contributed by atoms with Crippen LogP contribution in [0.25, 0.3) is 0 Å². The number of amides is 1. The first-order valence-corrected chi connectivity index (χ1v) is 7.59. The lowest BCUT2D eigenvalue weighted by Gasteiger charge is -2.17. The van der Waals surface area contributed by atoms with E-state index in [1.165, 1.54) is 18.2 Å². The predicted octanol–water partition coefficient (Wildman–Crippen LogP) is 3.98. The molecule has 1 unspecified atom stereocenters. The Kier molecular flexibility index (Phi) is 5.90. The number of aryl methyl sites for hydroxylation is 1. The molecule has 1 atom stereocenters. The van der Waals surface area contributed by atoms with Crippen LogP contribution in [-0.2, 0) is 11.3 Å². The van der Waals surface area contributed by atoms with E-state index in [-0.39, 0.29) is 17.9 Å². The molecule has 0 aliphatic carbocycles. The van der Waals surface area contributed by atoms with Gasteiger partial charge in [-0.05, 0) is 37.6 Å². The van der Waals surface area contributed by atoms with Gasteiger partial charge in [-0.1, -0.05) is 30.3 Å². The van der Waals surface area contributed by atoms with E-state index in [2.05, 4.69) is 10.1 Å². The number of hydrogen-bond acceptors (Lipinski definition) is 3. The monoisotopic (exact) mass is 353 g/mol. The van der Waals surface area contributed by atoms with Gasteiger partial charge in [0.25, 0.3) is 5.91 Å². The summed E-state index contributed by atoms with van der Waals surface area (Å²) in [6.07, 6.45) is -5.58. The fourth-order valence-corrected chi connectivity index (χ4v) is 2.15. The van der Waals surface area contributed by atoms with Crippen molar-refractivity contribution in [2.75, 3.05) is 0 Å². The first-order valence-electron chi connectivity index (χ1n) is 7.59. The highest BCUT2D eigenvalue weighted by molar-refractivity contribution is 5.80. The summed E-state index contributed by atoms with van der Waals surface area (Å²) in [5.41, 5.74) is 1.21. The second kappa shape index (κ2) is 7.92. The highest BCUT2D eigenvalue weighted by Gasteiger charge is 2.32. The molecule has 1 amide bonds. The van der Waals surface area contributed by atoms with Gasteiger partial charge in [-0.15, -0.1) is 13.2 Å². The van der Waals surface area contributed by atoms with Crippen molar-refractivity contribution < 1.29 is 27.4 Å². The molecular formula is C18H18F3NO3. The Hall–Kier alpha value is -2.70. The molecule has 0 aliphatic heterocycles. The standard InChI is InChI=1S/C18H18F3NO3/c1-12-6-5-8-15(10-12)24-13(2)17(23)22-11-14-7-3-4-9-16(14)25-18(19,20)21/h3-10,13H,11H2,1-2H3,(H,22,23). The zero-order chi connectivity index (χ0) is 18.4. The van der Waals surface area contributed by atoms with Crippen molar-refractivity contribution in [2.24, 2.45) is 0 Å². The Bertz CT molecular complexity index is 732. The lowest BCUT2D eigenvalue weighted by molar-refractivity contribution is -0.274. The molecule has 7 heteroatoms. The van der Waals surface area contributed by atoms with E-state index in [9.17, 15) is 18.0 Å². The third-order valence-corrected chi connectivity index (χ3v) is 3.32. The number of carbonyl (C=O) groups is 1. The summed E-state index contributed by atoms with van der Waals surface area (Å²) >= 11 is 0. The molecule has 0 radical (unpaired) electrons. The molecule has 1 N–H and O–H groups in total. The van der Waals surface area contributed by atoms with Crippen LogP contribution in [0.3, 0.4) is 0 Å². The molecular weight excluding hydrogens is 335 g/mol. The lowest BCUT2D eigenvalue weighted by Crippen LogP contribution is -2.36. The molecule has 0 aliphatic rings. The molecule has 134 valence electrons. The van der Waals surface area contributed by atoms with Crippen LogP contribution < -0.4 is 14.8 Å². The van der Waals surface area contributed by atoms with Crippen molar-refractivity contribution in [3.8, 4) is 11.5 Å². The van der Waals surface area contributed by atoms with Crippen molar-refractivity contribution in [3.05, 3.63) is 59.7 Å². The van der Waals surface area contributed by atoms with Gasteiger partial charge in [-0.2, -0.15) is 0 Å². The highest BCUT2D eigenvalue weighted by Crippen LogP contribution is 2.26. The predicted molar refractivity (Wildman–Crippen MR) is 86.2 cm³/mol. The number of carbonyl (C=O) groups excluding carboxylic acids is 1. The second-order valence-electron chi connectivity index (χ2n) is 5.45. The average Bonchev–Trinajstić information content (AvgIpc) is 2.52. The van der Waals surface area contributed by atoms with Gasteiger partial charge in [0.15, 0.2) is 6.10 Å². The van der Waals surface area contributed by atoms with Crippen molar-refractivity contribution in [1.29, 1.82) is 0 Å². The third-order valence-electron chi connectivity index (χ3n) is 3.32. The van der Waals surface area contributed by atoms with Crippen LogP contribution in [-0.4, -0.2) is 18.4 Å². The normalized spacial score (nSPS) is 12.4. The van der Waals surface area contributed by atoms with Crippen molar-refractivity contribution in [3.63, 3.8) is 0 Å². The Morgan fingerprint density at radius 3 is 2.56 bits per heavy atom. The smallest absolute Gasteiger partial charge is 0.481 e. The molecule has 2 aromatic rings. The first-order chi connectivity index (χ1) is 11.7. The van der Waals surface area contributed by atoms with Crippen LogP contribution in [0.1, 0.15) is 18.1 Å². The minimum atomic E-state index is -4.79. The molecule has 2 aromatic carbocycles. The van der Waals surface area contributed by atoms with Gasteiger partial charge in [-0.3, -0.25) is 4.79 Å². The maximum absolute atomic E-state index is 12.4. The molecule has 0 aromatic heterocycles. The summed E-state index contributed by atoms with van der Waals surface area (Å²) in [7, 11) is 0. The van der Waals surface area contributed by atoms with Crippen LogP contribution in [0, 0.1) is 6.92 Å². The van der Waals surface area contributed by atoms with Crippen LogP contribution in [0.4, 0.5) is 13.2 Å². The molecule has 2 rings (SSSR count). The van der Waals surface area contributed by atoms with E-state index in [0.29, 0.717) is 5.75 Å². The molecule has 0 saturated carbocycles. The summed E-state index contributed by atoms with van der Waals surface area (Å²) < 4.78 is 46.7. The molecule has 0 fully saturated rings. The van der Waals surface area contributed by atoms with Gasteiger partial charge in [-0.25, -0.2) is 0 Å². The third kappa shape index (κ3) is 6.02. The molecule has 0 bridgehead atoms. The van der Waals surface area contributed by atoms with E-state index in [1.54, 1.807) is 31.2 Å². The summed E-state index contributed by atoms with van der Waals surface area (Å²) in [6.45, 7) is 3.36. The van der Waals surface area contributed by atoms with Crippen molar-refractivity contribution >= 4 is 5.91 Å². The summed E-state index contributed by atoms with van der Waals surface area (Å²) in [4.78, 5) is 12.1. The van der Waals surface area contributed by atoms with Crippen LogP contribution in [0.2, 0.25) is 0 Å². The summed E-state index contributed by atoms with van der Waals surface area (Å²) in [6, 6.07) is 12.9.